The monoisotopic (exact) mass is 337 g/mol. The van der Waals surface area contributed by atoms with Gasteiger partial charge in [-0.1, -0.05) is 28.1 Å². The molecule has 0 bridgehead atoms. The molecule has 1 aromatic carbocycles. The summed E-state index contributed by atoms with van der Waals surface area (Å²) >= 11 is 4.74. The van der Waals surface area contributed by atoms with Gasteiger partial charge in [-0.25, -0.2) is 10.4 Å². The van der Waals surface area contributed by atoms with Crippen LogP contribution >= 0.6 is 27.3 Å². The fraction of sp³-hybridized carbons (Fsp3) is 0.154. The fourth-order valence-corrected chi connectivity index (χ4v) is 2.77. The third kappa shape index (κ3) is 3.71. The lowest BCUT2D eigenvalue weighted by Gasteiger charge is -1.97. The van der Waals surface area contributed by atoms with Crippen LogP contribution in [0.4, 0.5) is 0 Å². The van der Waals surface area contributed by atoms with E-state index in [9.17, 15) is 4.79 Å². The molecule has 1 aromatic heterocycles. The van der Waals surface area contributed by atoms with Crippen molar-refractivity contribution in [1.29, 1.82) is 0 Å². The lowest BCUT2D eigenvalue weighted by atomic mass is 10.2. The quantitative estimate of drug-likeness (QED) is 0.690. The van der Waals surface area contributed by atoms with E-state index in [1.807, 2.05) is 38.1 Å². The summed E-state index contributed by atoms with van der Waals surface area (Å²) in [6, 6.07) is 7.66. The largest absolute Gasteiger partial charge is 0.283 e. The van der Waals surface area contributed by atoms with Gasteiger partial charge in [-0.15, -0.1) is 11.3 Å². The van der Waals surface area contributed by atoms with Gasteiger partial charge in [-0.2, -0.15) is 5.10 Å². The molecule has 0 saturated heterocycles. The van der Waals surface area contributed by atoms with E-state index >= 15 is 0 Å². The van der Waals surface area contributed by atoms with Crippen molar-refractivity contribution in [1.82, 2.24) is 10.4 Å². The normalized spacial score (nSPS) is 10.9. The summed E-state index contributed by atoms with van der Waals surface area (Å²) in [5, 5.41) is 4.82. The number of benzene rings is 1. The van der Waals surface area contributed by atoms with Gasteiger partial charge in [0, 0.05) is 4.47 Å². The van der Waals surface area contributed by atoms with E-state index in [2.05, 4.69) is 31.4 Å². The van der Waals surface area contributed by atoms with Gasteiger partial charge in [0.15, 0.2) is 0 Å². The zero-order valence-electron chi connectivity index (χ0n) is 10.5. The van der Waals surface area contributed by atoms with E-state index in [0.29, 0.717) is 4.88 Å². The molecule has 1 amide bonds. The Morgan fingerprint density at radius 1 is 1.47 bits per heavy atom. The first-order valence-electron chi connectivity index (χ1n) is 5.59. The number of hydrogen-bond donors (Lipinski definition) is 1. The number of aromatic nitrogens is 1. The molecule has 0 spiro atoms. The molecule has 19 heavy (non-hydrogen) atoms. The molecule has 4 nitrogen and oxygen atoms in total. The second-order valence-electron chi connectivity index (χ2n) is 3.90. The first-order valence-corrected chi connectivity index (χ1v) is 7.20. The Balaban J connectivity index is 2.03. The predicted octanol–water partition coefficient (Wildman–Crippen LogP) is 3.29. The van der Waals surface area contributed by atoms with Crippen LogP contribution in [0, 0.1) is 13.8 Å². The number of carbonyl (C=O) groups is 1. The molecule has 0 aliphatic rings. The Bertz CT molecular complexity index is 637. The zero-order valence-corrected chi connectivity index (χ0v) is 12.9. The van der Waals surface area contributed by atoms with Gasteiger partial charge < -0.3 is 0 Å². The van der Waals surface area contributed by atoms with Gasteiger partial charge in [0.2, 0.25) is 0 Å². The molecule has 1 heterocycles. The zero-order chi connectivity index (χ0) is 13.8. The van der Waals surface area contributed by atoms with Crippen molar-refractivity contribution < 1.29 is 4.79 Å². The molecule has 1 N–H and O–H groups in total. The van der Waals surface area contributed by atoms with E-state index in [-0.39, 0.29) is 5.91 Å². The second kappa shape index (κ2) is 6.08. The highest BCUT2D eigenvalue weighted by Crippen LogP contribution is 2.16. The number of halogens is 1. The van der Waals surface area contributed by atoms with Crippen LogP contribution < -0.4 is 5.43 Å². The van der Waals surface area contributed by atoms with E-state index in [1.54, 1.807) is 6.21 Å². The summed E-state index contributed by atoms with van der Waals surface area (Å²) in [4.78, 5) is 16.7. The summed E-state index contributed by atoms with van der Waals surface area (Å²) in [6.07, 6.45) is 1.60. The average molecular weight is 338 g/mol. The molecule has 0 atom stereocenters. The first kappa shape index (κ1) is 13.9. The van der Waals surface area contributed by atoms with Gasteiger partial charge in [0.25, 0.3) is 5.91 Å². The standard InChI is InChI=1S/C13H12BrN3OS/c1-8-12(19-9(2)16-8)13(18)17-15-7-10-4-3-5-11(14)6-10/h3-7H,1-2H3,(H,17,18)/b15-7+. The summed E-state index contributed by atoms with van der Waals surface area (Å²) < 4.78 is 0.969. The molecule has 0 unspecified atom stereocenters. The number of nitrogens with zero attached hydrogens (tertiary/aromatic N) is 2. The number of thiazole rings is 1. The molecule has 0 fully saturated rings. The third-order valence-electron chi connectivity index (χ3n) is 2.34. The topological polar surface area (TPSA) is 54.4 Å². The lowest BCUT2D eigenvalue weighted by molar-refractivity contribution is 0.0958. The maximum Gasteiger partial charge on any atom is 0.283 e. The Morgan fingerprint density at radius 2 is 2.26 bits per heavy atom. The number of aryl methyl sites for hydroxylation is 2. The van der Waals surface area contributed by atoms with Gasteiger partial charge in [0.1, 0.15) is 4.88 Å². The number of carbonyl (C=O) groups excluding carboxylic acids is 1. The molecule has 2 aromatic rings. The van der Waals surface area contributed by atoms with E-state index in [1.165, 1.54) is 11.3 Å². The average Bonchev–Trinajstić information content (AvgIpc) is 2.68. The number of hydrogen-bond acceptors (Lipinski definition) is 4. The minimum atomic E-state index is -0.227. The van der Waals surface area contributed by atoms with Crippen molar-refractivity contribution in [2.24, 2.45) is 5.10 Å². The molecule has 98 valence electrons. The van der Waals surface area contributed by atoms with Crippen LogP contribution in [0.15, 0.2) is 33.8 Å². The summed E-state index contributed by atoms with van der Waals surface area (Å²) in [7, 11) is 0. The van der Waals surface area contributed by atoms with Crippen LogP contribution in [0.25, 0.3) is 0 Å². The van der Waals surface area contributed by atoms with E-state index < -0.39 is 0 Å². The third-order valence-corrected chi connectivity index (χ3v) is 3.90. The molecule has 0 aliphatic carbocycles. The Kier molecular flexibility index (Phi) is 4.44. The van der Waals surface area contributed by atoms with Gasteiger partial charge in [-0.05, 0) is 31.5 Å². The van der Waals surface area contributed by atoms with E-state index in [4.69, 9.17) is 0 Å². The van der Waals surface area contributed by atoms with Crippen molar-refractivity contribution in [3.05, 3.63) is 49.9 Å². The SMILES string of the molecule is Cc1nc(C)c(C(=O)N/N=C/c2cccc(Br)c2)s1. The molecule has 6 heteroatoms. The van der Waals surface area contributed by atoms with Crippen molar-refractivity contribution >= 4 is 39.4 Å². The van der Waals surface area contributed by atoms with Crippen LogP contribution in [0.5, 0.6) is 0 Å². The first-order chi connectivity index (χ1) is 9.06. The van der Waals surface area contributed by atoms with Crippen molar-refractivity contribution in [3.8, 4) is 0 Å². The van der Waals surface area contributed by atoms with Crippen LogP contribution in [0.1, 0.15) is 25.9 Å². The highest BCUT2D eigenvalue weighted by Gasteiger charge is 2.12. The Labute approximate surface area is 123 Å². The predicted molar refractivity (Wildman–Crippen MR) is 80.8 cm³/mol. The Morgan fingerprint density at radius 3 is 2.89 bits per heavy atom. The van der Waals surface area contributed by atoms with Crippen molar-refractivity contribution in [2.45, 2.75) is 13.8 Å². The highest BCUT2D eigenvalue weighted by atomic mass is 79.9. The van der Waals surface area contributed by atoms with Crippen molar-refractivity contribution in [2.75, 3.05) is 0 Å². The minimum Gasteiger partial charge on any atom is -0.266 e. The molecule has 0 aliphatic heterocycles. The fourth-order valence-electron chi connectivity index (χ4n) is 1.55. The van der Waals surface area contributed by atoms with Gasteiger partial charge in [0.05, 0.1) is 16.9 Å². The van der Waals surface area contributed by atoms with Crippen LogP contribution in [-0.4, -0.2) is 17.1 Å². The van der Waals surface area contributed by atoms with Gasteiger partial charge >= 0.3 is 0 Å². The number of hydrazone groups is 1. The minimum absolute atomic E-state index is 0.227. The van der Waals surface area contributed by atoms with E-state index in [0.717, 1.165) is 20.7 Å². The van der Waals surface area contributed by atoms with Crippen molar-refractivity contribution in [3.63, 3.8) is 0 Å². The van der Waals surface area contributed by atoms with Gasteiger partial charge in [-0.3, -0.25) is 4.79 Å². The second-order valence-corrected chi connectivity index (χ2v) is 6.02. The summed E-state index contributed by atoms with van der Waals surface area (Å²) in [5.74, 6) is -0.227. The smallest absolute Gasteiger partial charge is 0.266 e. The number of nitrogens with one attached hydrogen (secondary N) is 1. The highest BCUT2D eigenvalue weighted by molar-refractivity contribution is 9.10. The van der Waals surface area contributed by atoms with Crippen LogP contribution in [-0.2, 0) is 0 Å². The van der Waals surface area contributed by atoms with Crippen LogP contribution in [0.2, 0.25) is 0 Å². The van der Waals surface area contributed by atoms with Crippen LogP contribution in [0.3, 0.4) is 0 Å². The molecule has 0 radical (unpaired) electrons. The summed E-state index contributed by atoms with van der Waals surface area (Å²) in [6.45, 7) is 3.69. The number of amides is 1. The Hall–Kier alpha value is -1.53. The summed E-state index contributed by atoms with van der Waals surface area (Å²) in [5.41, 5.74) is 4.15. The molecule has 0 saturated carbocycles. The maximum atomic E-state index is 11.9. The number of rotatable bonds is 3. The maximum absolute atomic E-state index is 11.9. The molecular formula is C13H12BrN3OS. The lowest BCUT2D eigenvalue weighted by Crippen LogP contribution is -2.17. The molecule has 2 rings (SSSR count). The molecular weight excluding hydrogens is 326 g/mol.